The molecule has 134 valence electrons. The van der Waals surface area contributed by atoms with Gasteiger partial charge in [-0.05, 0) is 47.9 Å². The molecular weight excluding hydrogens is 336 g/mol. The van der Waals surface area contributed by atoms with E-state index >= 15 is 0 Å². The number of nitrogens with zero attached hydrogens (tertiary/aromatic N) is 5. The Morgan fingerprint density at radius 1 is 1.20 bits per heavy atom. The summed E-state index contributed by atoms with van der Waals surface area (Å²) >= 11 is 6.18. The van der Waals surface area contributed by atoms with E-state index in [2.05, 4.69) is 44.2 Å². The molecule has 4 rings (SSSR count). The second kappa shape index (κ2) is 7.30. The Balaban J connectivity index is 1.38. The molecule has 2 fully saturated rings. The summed E-state index contributed by atoms with van der Waals surface area (Å²) in [5.41, 5.74) is 2.56. The van der Waals surface area contributed by atoms with Crippen molar-refractivity contribution in [1.82, 2.24) is 20.2 Å². The number of anilines is 1. The molecule has 1 saturated heterocycles. The third-order valence-electron chi connectivity index (χ3n) is 5.62. The standard InChI is InChI=1S/C18H25ClN6/c1-14-6-7-15(19)12-17(14)24-10-8-23(9-11-24)13-18-20-21-22-25(18)16-4-2-3-5-16/h6-7,12,16H,2-5,8-11,13H2,1H3/p+1. The van der Waals surface area contributed by atoms with Crippen molar-refractivity contribution in [1.29, 1.82) is 0 Å². The fourth-order valence-corrected chi connectivity index (χ4v) is 4.31. The van der Waals surface area contributed by atoms with Crippen LogP contribution in [0, 0.1) is 6.92 Å². The lowest BCUT2D eigenvalue weighted by Gasteiger charge is -2.34. The number of aryl methyl sites for hydroxylation is 1. The van der Waals surface area contributed by atoms with Gasteiger partial charge in [-0.15, -0.1) is 5.10 Å². The fourth-order valence-electron chi connectivity index (χ4n) is 4.15. The molecule has 1 aromatic heterocycles. The molecule has 0 unspecified atom stereocenters. The second-order valence-electron chi connectivity index (χ2n) is 7.32. The van der Waals surface area contributed by atoms with Gasteiger partial charge in [0.15, 0.2) is 0 Å². The summed E-state index contributed by atoms with van der Waals surface area (Å²) in [6.07, 6.45) is 5.04. The molecule has 1 N–H and O–H groups in total. The molecule has 1 saturated carbocycles. The smallest absolute Gasteiger partial charge is 0.206 e. The number of quaternary nitrogens is 1. The summed E-state index contributed by atoms with van der Waals surface area (Å²) in [4.78, 5) is 4.01. The summed E-state index contributed by atoms with van der Waals surface area (Å²) in [7, 11) is 0. The Morgan fingerprint density at radius 3 is 2.72 bits per heavy atom. The highest BCUT2D eigenvalue weighted by molar-refractivity contribution is 6.30. The summed E-state index contributed by atoms with van der Waals surface area (Å²) in [5.74, 6) is 1.05. The van der Waals surface area contributed by atoms with Crippen molar-refractivity contribution in [3.8, 4) is 0 Å². The lowest BCUT2D eigenvalue weighted by molar-refractivity contribution is -0.915. The Morgan fingerprint density at radius 2 is 1.96 bits per heavy atom. The zero-order valence-electron chi connectivity index (χ0n) is 14.8. The summed E-state index contributed by atoms with van der Waals surface area (Å²) < 4.78 is 2.09. The molecule has 1 aliphatic carbocycles. The van der Waals surface area contributed by atoms with Crippen molar-refractivity contribution in [3.05, 3.63) is 34.6 Å². The number of aromatic nitrogens is 4. The zero-order valence-corrected chi connectivity index (χ0v) is 15.5. The normalized spacial score (nSPS) is 19.7. The van der Waals surface area contributed by atoms with Crippen molar-refractivity contribution in [2.24, 2.45) is 0 Å². The van der Waals surface area contributed by atoms with Crippen molar-refractivity contribution in [2.75, 3.05) is 31.1 Å². The Hall–Kier alpha value is -1.66. The van der Waals surface area contributed by atoms with Gasteiger partial charge in [-0.1, -0.05) is 30.5 Å². The number of piperazine rings is 1. The third kappa shape index (κ3) is 3.65. The van der Waals surface area contributed by atoms with E-state index in [0.717, 1.165) is 43.6 Å². The van der Waals surface area contributed by atoms with Crippen LogP contribution in [0.25, 0.3) is 0 Å². The summed E-state index contributed by atoms with van der Waals surface area (Å²) in [5, 5.41) is 13.3. The number of tetrazole rings is 1. The van der Waals surface area contributed by atoms with Crippen LogP contribution in [0.2, 0.25) is 5.02 Å². The van der Waals surface area contributed by atoms with Gasteiger partial charge in [-0.3, -0.25) is 0 Å². The van der Waals surface area contributed by atoms with Gasteiger partial charge in [0.05, 0.1) is 32.2 Å². The number of hydrogen-bond acceptors (Lipinski definition) is 4. The first-order chi connectivity index (χ1) is 12.2. The molecule has 0 radical (unpaired) electrons. The van der Waals surface area contributed by atoms with Crippen LogP contribution in [0.4, 0.5) is 5.69 Å². The molecule has 0 amide bonds. The quantitative estimate of drug-likeness (QED) is 0.899. The van der Waals surface area contributed by atoms with Gasteiger partial charge in [0.1, 0.15) is 6.54 Å². The van der Waals surface area contributed by atoms with Crippen LogP contribution < -0.4 is 9.80 Å². The third-order valence-corrected chi connectivity index (χ3v) is 5.86. The Kier molecular flexibility index (Phi) is 4.90. The average Bonchev–Trinajstić information content (AvgIpc) is 3.29. The lowest BCUT2D eigenvalue weighted by atomic mass is 10.1. The van der Waals surface area contributed by atoms with Crippen LogP contribution in [-0.2, 0) is 6.54 Å². The molecule has 0 bridgehead atoms. The molecular formula is C18H26ClN6+. The molecule has 0 spiro atoms. The van der Waals surface area contributed by atoms with Gasteiger partial charge in [0.25, 0.3) is 0 Å². The van der Waals surface area contributed by atoms with Crippen molar-refractivity contribution >= 4 is 17.3 Å². The van der Waals surface area contributed by atoms with Gasteiger partial charge in [-0.25, -0.2) is 4.68 Å². The van der Waals surface area contributed by atoms with Crippen LogP contribution in [0.5, 0.6) is 0 Å². The molecule has 2 heterocycles. The number of nitrogens with one attached hydrogen (secondary N) is 1. The van der Waals surface area contributed by atoms with E-state index in [1.54, 1.807) is 4.90 Å². The molecule has 7 heteroatoms. The lowest BCUT2D eigenvalue weighted by Crippen LogP contribution is -3.13. The highest BCUT2D eigenvalue weighted by atomic mass is 35.5. The molecule has 2 aromatic rings. The fraction of sp³-hybridized carbons (Fsp3) is 0.611. The summed E-state index contributed by atoms with van der Waals surface area (Å²) in [6, 6.07) is 6.67. The predicted octanol–water partition coefficient (Wildman–Crippen LogP) is 1.66. The SMILES string of the molecule is Cc1ccc(Cl)cc1N1CC[NH+](Cc2nnnn2C2CCCC2)CC1. The minimum atomic E-state index is 0.514. The van der Waals surface area contributed by atoms with Gasteiger partial charge in [0, 0.05) is 10.7 Å². The monoisotopic (exact) mass is 361 g/mol. The maximum absolute atomic E-state index is 6.18. The van der Waals surface area contributed by atoms with Gasteiger partial charge in [0.2, 0.25) is 5.82 Å². The van der Waals surface area contributed by atoms with Gasteiger partial charge in [-0.2, -0.15) is 0 Å². The highest BCUT2D eigenvalue weighted by Crippen LogP contribution is 2.29. The van der Waals surface area contributed by atoms with E-state index in [4.69, 9.17) is 11.6 Å². The molecule has 6 nitrogen and oxygen atoms in total. The van der Waals surface area contributed by atoms with Crippen LogP contribution in [0.15, 0.2) is 18.2 Å². The first-order valence-corrected chi connectivity index (χ1v) is 9.70. The zero-order chi connectivity index (χ0) is 17.2. The molecule has 0 atom stereocenters. The van der Waals surface area contributed by atoms with E-state index in [-0.39, 0.29) is 0 Å². The minimum absolute atomic E-state index is 0.514. The predicted molar refractivity (Wildman–Crippen MR) is 98.1 cm³/mol. The Bertz CT molecular complexity index is 716. The van der Waals surface area contributed by atoms with Crippen molar-refractivity contribution in [3.63, 3.8) is 0 Å². The molecule has 25 heavy (non-hydrogen) atoms. The van der Waals surface area contributed by atoms with E-state index < -0.39 is 0 Å². The number of halogens is 1. The van der Waals surface area contributed by atoms with Gasteiger partial charge >= 0.3 is 0 Å². The molecule has 2 aliphatic rings. The number of benzene rings is 1. The van der Waals surface area contributed by atoms with Gasteiger partial charge < -0.3 is 9.80 Å². The van der Waals surface area contributed by atoms with E-state index in [1.165, 1.54) is 36.9 Å². The summed E-state index contributed by atoms with van der Waals surface area (Å²) in [6.45, 7) is 7.36. The van der Waals surface area contributed by atoms with Crippen LogP contribution in [-0.4, -0.2) is 46.4 Å². The van der Waals surface area contributed by atoms with E-state index in [1.807, 2.05) is 6.07 Å². The first-order valence-electron chi connectivity index (χ1n) is 9.32. The molecule has 1 aliphatic heterocycles. The van der Waals surface area contributed by atoms with Crippen LogP contribution >= 0.6 is 11.6 Å². The second-order valence-corrected chi connectivity index (χ2v) is 7.76. The van der Waals surface area contributed by atoms with Crippen LogP contribution in [0.1, 0.15) is 43.1 Å². The van der Waals surface area contributed by atoms with E-state index in [9.17, 15) is 0 Å². The molecule has 1 aromatic carbocycles. The maximum atomic E-state index is 6.18. The largest absolute Gasteiger partial charge is 0.360 e. The average molecular weight is 362 g/mol. The number of rotatable bonds is 4. The first kappa shape index (κ1) is 16.8. The van der Waals surface area contributed by atoms with E-state index in [0.29, 0.717) is 6.04 Å². The maximum Gasteiger partial charge on any atom is 0.206 e. The minimum Gasteiger partial charge on any atom is -0.360 e. The van der Waals surface area contributed by atoms with Crippen molar-refractivity contribution < 1.29 is 4.90 Å². The van der Waals surface area contributed by atoms with Crippen molar-refractivity contribution in [2.45, 2.75) is 45.2 Å². The topological polar surface area (TPSA) is 51.3 Å². The highest BCUT2D eigenvalue weighted by Gasteiger charge is 2.26. The Labute approximate surface area is 153 Å². The van der Waals surface area contributed by atoms with Crippen LogP contribution in [0.3, 0.4) is 0 Å². The number of hydrogen-bond donors (Lipinski definition) is 1.